The highest BCUT2D eigenvalue weighted by Crippen LogP contribution is 2.33. The number of anilines is 2. The first-order valence-corrected chi connectivity index (χ1v) is 11.6. The van der Waals surface area contributed by atoms with Crippen molar-refractivity contribution in [2.75, 3.05) is 11.1 Å². The minimum absolute atomic E-state index is 0.0208. The van der Waals surface area contributed by atoms with Gasteiger partial charge in [0.05, 0.1) is 15.6 Å². The van der Waals surface area contributed by atoms with Crippen LogP contribution in [-0.2, 0) is 17.9 Å². The first-order valence-electron chi connectivity index (χ1n) is 10.4. The highest BCUT2D eigenvalue weighted by Gasteiger charge is 2.24. The van der Waals surface area contributed by atoms with Crippen molar-refractivity contribution >= 4 is 45.5 Å². The number of hydrogen-bond acceptors (Lipinski definition) is 7. The second-order valence-corrected chi connectivity index (χ2v) is 9.33. The van der Waals surface area contributed by atoms with E-state index in [2.05, 4.69) is 15.6 Å². The molecular weight excluding hydrogens is 462 g/mol. The van der Waals surface area contributed by atoms with E-state index in [1.54, 1.807) is 36.4 Å². The summed E-state index contributed by atoms with van der Waals surface area (Å²) in [4.78, 5) is 31.0. The Labute approximate surface area is 199 Å². The standard InChI is InChI=1S/C22H24ClN7O2S/c23-19-18(15-8-9-16(24)33-15)30(22(32)21(29-19)28-14-2-1-3-14)11-17(31)27-10-12-4-6-13(7-5-12)20(25)26/h4-9,14H,1-3,10-11,24H2,(H3,25,26)(H,27,31)(H,28,29). The van der Waals surface area contributed by atoms with E-state index < -0.39 is 5.56 Å². The topological polar surface area (TPSA) is 152 Å². The largest absolute Gasteiger partial charge is 0.391 e. The van der Waals surface area contributed by atoms with Gasteiger partial charge in [-0.3, -0.25) is 19.6 Å². The second-order valence-electron chi connectivity index (χ2n) is 7.85. The van der Waals surface area contributed by atoms with E-state index in [1.807, 2.05) is 0 Å². The molecule has 3 aromatic rings. The number of benzene rings is 1. The van der Waals surface area contributed by atoms with E-state index in [0.717, 1.165) is 24.8 Å². The van der Waals surface area contributed by atoms with Crippen molar-refractivity contribution in [2.45, 2.75) is 38.4 Å². The second kappa shape index (κ2) is 9.63. The molecule has 2 aromatic heterocycles. The van der Waals surface area contributed by atoms with Gasteiger partial charge in [0.1, 0.15) is 12.4 Å². The van der Waals surface area contributed by atoms with E-state index in [0.29, 0.717) is 21.1 Å². The van der Waals surface area contributed by atoms with Gasteiger partial charge in [-0.2, -0.15) is 0 Å². The molecule has 1 aromatic carbocycles. The molecule has 1 aliphatic rings. The molecule has 1 saturated carbocycles. The fourth-order valence-electron chi connectivity index (χ4n) is 3.45. The van der Waals surface area contributed by atoms with Crippen molar-refractivity contribution in [3.8, 4) is 10.6 Å². The number of carbonyl (C=O) groups is 1. The van der Waals surface area contributed by atoms with Crippen LogP contribution in [0.3, 0.4) is 0 Å². The number of nitrogen functional groups attached to an aromatic ring is 2. The average Bonchev–Trinajstić information content (AvgIpc) is 3.18. The lowest BCUT2D eigenvalue weighted by atomic mass is 9.93. The molecule has 33 heavy (non-hydrogen) atoms. The van der Waals surface area contributed by atoms with Crippen LogP contribution in [0.2, 0.25) is 5.15 Å². The molecule has 1 amide bonds. The van der Waals surface area contributed by atoms with Gasteiger partial charge in [0.2, 0.25) is 5.91 Å². The predicted octanol–water partition coefficient (Wildman–Crippen LogP) is 2.77. The van der Waals surface area contributed by atoms with Gasteiger partial charge in [-0.15, -0.1) is 11.3 Å². The molecule has 1 fully saturated rings. The fraction of sp³-hybridized carbons (Fsp3) is 0.273. The summed E-state index contributed by atoms with van der Waals surface area (Å²) in [6.07, 6.45) is 3.03. The normalized spacial score (nSPS) is 13.4. The van der Waals surface area contributed by atoms with Crippen LogP contribution in [-0.4, -0.2) is 27.3 Å². The number of aromatic nitrogens is 2. The zero-order valence-corrected chi connectivity index (χ0v) is 19.3. The zero-order chi connectivity index (χ0) is 23.5. The highest BCUT2D eigenvalue weighted by molar-refractivity contribution is 7.19. The maximum absolute atomic E-state index is 13.2. The number of carbonyl (C=O) groups excluding carboxylic acids is 1. The number of hydrogen-bond donors (Lipinski definition) is 5. The molecule has 0 spiro atoms. The molecular formula is C22H24ClN7O2S. The minimum atomic E-state index is -0.408. The molecule has 4 rings (SSSR count). The van der Waals surface area contributed by atoms with Gasteiger partial charge in [-0.05, 0) is 37.0 Å². The molecule has 1 aliphatic carbocycles. The molecule has 0 atom stereocenters. The van der Waals surface area contributed by atoms with Gasteiger partial charge in [-0.1, -0.05) is 35.9 Å². The van der Waals surface area contributed by atoms with Crippen LogP contribution in [0.25, 0.3) is 10.6 Å². The van der Waals surface area contributed by atoms with Crippen molar-refractivity contribution in [3.63, 3.8) is 0 Å². The Morgan fingerprint density at radius 2 is 1.97 bits per heavy atom. The minimum Gasteiger partial charge on any atom is -0.391 e. The van der Waals surface area contributed by atoms with E-state index in [4.69, 9.17) is 28.5 Å². The number of amidine groups is 1. The Morgan fingerprint density at radius 3 is 2.55 bits per heavy atom. The highest BCUT2D eigenvalue weighted by atomic mass is 35.5. The third-order valence-electron chi connectivity index (χ3n) is 5.49. The number of thiophene rings is 1. The monoisotopic (exact) mass is 485 g/mol. The average molecular weight is 486 g/mol. The molecule has 0 bridgehead atoms. The van der Waals surface area contributed by atoms with E-state index in [1.165, 1.54) is 15.9 Å². The molecule has 7 N–H and O–H groups in total. The summed E-state index contributed by atoms with van der Waals surface area (Å²) >= 11 is 7.76. The van der Waals surface area contributed by atoms with Crippen LogP contribution in [0.4, 0.5) is 10.8 Å². The molecule has 9 nitrogen and oxygen atoms in total. The summed E-state index contributed by atoms with van der Waals surface area (Å²) in [5.74, 6) is -0.228. The quantitative estimate of drug-likeness (QED) is 0.244. The number of nitrogens with two attached hydrogens (primary N) is 2. The van der Waals surface area contributed by atoms with Crippen molar-refractivity contribution in [2.24, 2.45) is 5.73 Å². The van der Waals surface area contributed by atoms with Gasteiger partial charge in [0, 0.05) is 18.2 Å². The Kier molecular flexibility index (Phi) is 6.66. The lowest BCUT2D eigenvalue weighted by Crippen LogP contribution is -2.37. The molecule has 0 saturated heterocycles. The summed E-state index contributed by atoms with van der Waals surface area (Å²) in [6, 6.07) is 10.7. The smallest absolute Gasteiger partial charge is 0.294 e. The molecule has 0 unspecified atom stereocenters. The molecule has 2 heterocycles. The molecule has 0 aliphatic heterocycles. The van der Waals surface area contributed by atoms with Crippen LogP contribution < -0.4 is 27.7 Å². The first kappa shape index (κ1) is 22.8. The number of halogens is 1. The number of amides is 1. The van der Waals surface area contributed by atoms with Crippen molar-refractivity contribution in [1.82, 2.24) is 14.9 Å². The maximum Gasteiger partial charge on any atom is 0.294 e. The Morgan fingerprint density at radius 1 is 1.24 bits per heavy atom. The summed E-state index contributed by atoms with van der Waals surface area (Å²) < 4.78 is 1.34. The molecule has 11 heteroatoms. The third kappa shape index (κ3) is 5.18. The molecule has 172 valence electrons. The van der Waals surface area contributed by atoms with E-state index in [9.17, 15) is 9.59 Å². The number of nitrogens with zero attached hydrogens (tertiary/aromatic N) is 2. The van der Waals surface area contributed by atoms with Gasteiger partial charge < -0.3 is 22.1 Å². The van der Waals surface area contributed by atoms with Crippen LogP contribution in [0.5, 0.6) is 0 Å². The Hall–Kier alpha value is -3.37. The predicted molar refractivity (Wildman–Crippen MR) is 132 cm³/mol. The van der Waals surface area contributed by atoms with E-state index >= 15 is 0 Å². The number of nitrogens with one attached hydrogen (secondary N) is 3. The summed E-state index contributed by atoms with van der Waals surface area (Å²) in [5, 5.41) is 14.1. The third-order valence-corrected chi connectivity index (χ3v) is 6.67. The van der Waals surface area contributed by atoms with Crippen LogP contribution >= 0.6 is 22.9 Å². The Bertz CT molecular complexity index is 1250. The maximum atomic E-state index is 13.2. The van der Waals surface area contributed by atoms with Crippen molar-refractivity contribution in [3.05, 3.63) is 63.0 Å². The van der Waals surface area contributed by atoms with Crippen molar-refractivity contribution in [1.29, 1.82) is 5.41 Å². The summed E-state index contributed by atoms with van der Waals surface area (Å²) in [6.45, 7) is 0.0398. The van der Waals surface area contributed by atoms with Crippen molar-refractivity contribution < 1.29 is 4.79 Å². The van der Waals surface area contributed by atoms with Gasteiger partial charge in [-0.25, -0.2) is 4.98 Å². The SMILES string of the molecule is N=C(N)c1ccc(CNC(=O)Cn2c(-c3ccc(N)s3)c(Cl)nc(NC3CCC3)c2=O)cc1. The van der Waals surface area contributed by atoms with Crippen LogP contribution in [0.1, 0.15) is 30.4 Å². The van der Waals surface area contributed by atoms with Gasteiger partial charge in [0.15, 0.2) is 11.0 Å². The summed E-state index contributed by atoms with van der Waals surface area (Å²) in [5.41, 5.74) is 12.7. The lowest BCUT2D eigenvalue weighted by Gasteiger charge is -2.27. The van der Waals surface area contributed by atoms with Gasteiger partial charge in [0.25, 0.3) is 5.56 Å². The van der Waals surface area contributed by atoms with E-state index in [-0.39, 0.29) is 41.8 Å². The first-order chi connectivity index (χ1) is 15.8. The molecule has 0 radical (unpaired) electrons. The number of rotatable bonds is 8. The lowest BCUT2D eigenvalue weighted by molar-refractivity contribution is -0.121. The fourth-order valence-corrected chi connectivity index (χ4v) is 4.62. The zero-order valence-electron chi connectivity index (χ0n) is 17.7. The van der Waals surface area contributed by atoms with Crippen LogP contribution in [0.15, 0.2) is 41.2 Å². The summed E-state index contributed by atoms with van der Waals surface area (Å²) in [7, 11) is 0. The van der Waals surface area contributed by atoms with Crippen LogP contribution in [0, 0.1) is 5.41 Å². The Balaban J connectivity index is 1.58. The van der Waals surface area contributed by atoms with Gasteiger partial charge >= 0.3 is 0 Å².